The van der Waals surface area contributed by atoms with Gasteiger partial charge in [0.05, 0.1) is 13.0 Å². The lowest BCUT2D eigenvalue weighted by Gasteiger charge is -2.36. The van der Waals surface area contributed by atoms with E-state index < -0.39 is 0 Å². The molecule has 3 aliphatic rings. The highest BCUT2D eigenvalue weighted by Gasteiger charge is 2.29. The third-order valence-electron chi connectivity index (χ3n) is 8.50. The average Bonchev–Trinajstić information content (AvgIpc) is 3.18. The summed E-state index contributed by atoms with van der Waals surface area (Å²) in [5.41, 5.74) is 3.07. The van der Waals surface area contributed by atoms with Gasteiger partial charge in [0.1, 0.15) is 17.9 Å². The molecule has 208 valence electrons. The monoisotopic (exact) mass is 532 g/mol. The first-order valence-electron chi connectivity index (χ1n) is 14.5. The van der Waals surface area contributed by atoms with Crippen molar-refractivity contribution in [2.45, 2.75) is 45.1 Å². The summed E-state index contributed by atoms with van der Waals surface area (Å²) >= 11 is 0. The van der Waals surface area contributed by atoms with Crippen molar-refractivity contribution in [3.63, 3.8) is 0 Å². The zero-order chi connectivity index (χ0) is 26.6. The molecule has 1 aromatic carbocycles. The molecule has 3 aliphatic heterocycles. The molecule has 1 N–H and O–H groups in total. The van der Waals surface area contributed by atoms with Crippen LogP contribution in [0.2, 0.25) is 0 Å². The third kappa shape index (κ3) is 5.66. The molecule has 5 heterocycles. The second-order valence-corrected chi connectivity index (χ2v) is 11.0. The Morgan fingerprint density at radius 2 is 1.82 bits per heavy atom. The first-order chi connectivity index (χ1) is 19.2. The first-order valence-corrected chi connectivity index (χ1v) is 14.5. The van der Waals surface area contributed by atoms with Gasteiger partial charge in [-0.1, -0.05) is 6.42 Å². The number of carbonyl (C=O) groups excluding carboxylic acids is 1. The number of anilines is 2. The van der Waals surface area contributed by atoms with Crippen molar-refractivity contribution in [2.75, 3.05) is 69.3 Å². The standard InChI is InChI=1S/C29H40N8O2/c1-39-24-10-8-23(9-11-24)35-18-16-34(17-19-35)15-12-30-29(38)22-6-5-13-36(20-22)27-26-28(32-21-31-27)37-14-4-2-3-7-25(37)33-26/h8-11,21-22H,2-7,12-20H2,1H3,(H,30,38). The molecular formula is C29H40N8O2. The maximum absolute atomic E-state index is 13.1. The molecule has 1 unspecified atom stereocenters. The van der Waals surface area contributed by atoms with Crippen LogP contribution in [0.25, 0.3) is 11.2 Å². The van der Waals surface area contributed by atoms with Gasteiger partial charge in [-0.25, -0.2) is 15.0 Å². The van der Waals surface area contributed by atoms with E-state index in [9.17, 15) is 4.79 Å². The van der Waals surface area contributed by atoms with Crippen LogP contribution in [0.1, 0.15) is 37.9 Å². The first kappa shape index (κ1) is 25.9. The number of nitrogens with one attached hydrogen (secondary N) is 1. The Kier molecular flexibility index (Phi) is 7.81. The van der Waals surface area contributed by atoms with Gasteiger partial charge in [-0.2, -0.15) is 0 Å². The van der Waals surface area contributed by atoms with Gasteiger partial charge in [-0.05, 0) is 49.9 Å². The predicted molar refractivity (Wildman–Crippen MR) is 152 cm³/mol. The molecule has 0 saturated carbocycles. The second kappa shape index (κ2) is 11.8. The van der Waals surface area contributed by atoms with Crippen LogP contribution in [-0.4, -0.2) is 89.8 Å². The summed E-state index contributed by atoms with van der Waals surface area (Å²) in [7, 11) is 1.69. The van der Waals surface area contributed by atoms with E-state index in [-0.39, 0.29) is 11.8 Å². The predicted octanol–water partition coefficient (Wildman–Crippen LogP) is 2.72. The Hall–Kier alpha value is -3.40. The van der Waals surface area contributed by atoms with Gasteiger partial charge >= 0.3 is 0 Å². The van der Waals surface area contributed by atoms with E-state index in [1.807, 2.05) is 12.1 Å². The maximum atomic E-state index is 13.1. The molecule has 0 aliphatic carbocycles. The van der Waals surface area contributed by atoms with Crippen molar-refractivity contribution < 1.29 is 9.53 Å². The molecular weight excluding hydrogens is 492 g/mol. The number of fused-ring (bicyclic) bond motifs is 3. The number of rotatable bonds is 7. The van der Waals surface area contributed by atoms with E-state index in [0.29, 0.717) is 13.1 Å². The Bertz CT molecular complexity index is 1270. The summed E-state index contributed by atoms with van der Waals surface area (Å²) in [6.07, 6.45) is 8.14. The van der Waals surface area contributed by atoms with Gasteiger partial charge in [0, 0.05) is 71.0 Å². The van der Waals surface area contributed by atoms with Gasteiger partial charge in [0.2, 0.25) is 5.91 Å². The molecule has 2 fully saturated rings. The largest absolute Gasteiger partial charge is 0.497 e. The summed E-state index contributed by atoms with van der Waals surface area (Å²) in [5.74, 6) is 3.02. The number of aryl methyl sites for hydroxylation is 2. The molecule has 1 atom stereocenters. The van der Waals surface area contributed by atoms with Crippen molar-refractivity contribution >= 4 is 28.6 Å². The zero-order valence-corrected chi connectivity index (χ0v) is 23.0. The molecule has 0 bridgehead atoms. The van der Waals surface area contributed by atoms with E-state index in [0.717, 1.165) is 93.6 Å². The molecule has 10 nitrogen and oxygen atoms in total. The highest BCUT2D eigenvalue weighted by atomic mass is 16.5. The normalized spacial score (nSPS) is 20.5. The highest BCUT2D eigenvalue weighted by Crippen LogP contribution is 2.29. The average molecular weight is 533 g/mol. The summed E-state index contributed by atoms with van der Waals surface area (Å²) in [6.45, 7) is 8.09. The molecule has 2 aromatic heterocycles. The molecule has 6 rings (SSSR count). The van der Waals surface area contributed by atoms with Crippen molar-refractivity contribution in [2.24, 2.45) is 5.92 Å². The number of hydrogen-bond acceptors (Lipinski definition) is 8. The second-order valence-electron chi connectivity index (χ2n) is 11.0. The lowest BCUT2D eigenvalue weighted by atomic mass is 9.97. The minimum Gasteiger partial charge on any atom is -0.497 e. The number of hydrogen-bond donors (Lipinski definition) is 1. The van der Waals surface area contributed by atoms with Crippen LogP contribution in [0, 0.1) is 5.92 Å². The topological polar surface area (TPSA) is 91.7 Å². The van der Waals surface area contributed by atoms with Crippen molar-refractivity contribution in [3.05, 3.63) is 36.4 Å². The Balaban J connectivity index is 0.999. The summed E-state index contributed by atoms with van der Waals surface area (Å²) in [4.78, 5) is 34.4. The molecule has 2 saturated heterocycles. The number of ether oxygens (including phenoxy) is 1. The van der Waals surface area contributed by atoms with Gasteiger partial charge in [0.25, 0.3) is 0 Å². The van der Waals surface area contributed by atoms with Gasteiger partial charge < -0.3 is 24.4 Å². The fourth-order valence-electron chi connectivity index (χ4n) is 6.24. The number of nitrogens with zero attached hydrogens (tertiary/aromatic N) is 7. The van der Waals surface area contributed by atoms with Crippen LogP contribution in [0.15, 0.2) is 30.6 Å². The number of aromatic nitrogens is 4. The molecule has 39 heavy (non-hydrogen) atoms. The number of methoxy groups -OCH3 is 1. The van der Waals surface area contributed by atoms with Crippen LogP contribution in [0.5, 0.6) is 5.75 Å². The third-order valence-corrected chi connectivity index (χ3v) is 8.50. The number of piperidine rings is 1. The Morgan fingerprint density at radius 3 is 2.64 bits per heavy atom. The number of piperazine rings is 1. The quantitative estimate of drug-likeness (QED) is 0.497. The Labute approximate surface area is 230 Å². The summed E-state index contributed by atoms with van der Waals surface area (Å²) in [6, 6.07) is 8.27. The van der Waals surface area contributed by atoms with E-state index in [2.05, 4.69) is 46.7 Å². The van der Waals surface area contributed by atoms with Crippen LogP contribution in [-0.2, 0) is 17.8 Å². The lowest BCUT2D eigenvalue weighted by Crippen LogP contribution is -2.49. The van der Waals surface area contributed by atoms with E-state index in [4.69, 9.17) is 9.72 Å². The van der Waals surface area contributed by atoms with Crippen molar-refractivity contribution in [1.82, 2.24) is 29.7 Å². The van der Waals surface area contributed by atoms with Crippen LogP contribution in [0.3, 0.4) is 0 Å². The summed E-state index contributed by atoms with van der Waals surface area (Å²) in [5, 5.41) is 3.22. The lowest BCUT2D eigenvalue weighted by molar-refractivity contribution is -0.125. The zero-order valence-electron chi connectivity index (χ0n) is 23.0. The van der Waals surface area contributed by atoms with Gasteiger partial charge in [-0.15, -0.1) is 0 Å². The minimum atomic E-state index is -0.0314. The SMILES string of the molecule is COc1ccc(N2CCN(CCNC(=O)C3CCCN(c4ncnc5c4nc4n5CCCCC4)C3)CC2)cc1. The maximum Gasteiger partial charge on any atom is 0.224 e. The fourth-order valence-corrected chi connectivity index (χ4v) is 6.24. The minimum absolute atomic E-state index is 0.0314. The molecule has 1 amide bonds. The molecule has 0 radical (unpaired) electrons. The number of benzene rings is 1. The van der Waals surface area contributed by atoms with E-state index >= 15 is 0 Å². The summed E-state index contributed by atoms with van der Waals surface area (Å²) < 4.78 is 7.55. The number of carbonyl (C=O) groups is 1. The van der Waals surface area contributed by atoms with E-state index in [1.54, 1.807) is 13.4 Å². The van der Waals surface area contributed by atoms with Crippen LogP contribution < -0.4 is 19.9 Å². The van der Waals surface area contributed by atoms with Crippen LogP contribution in [0.4, 0.5) is 11.5 Å². The molecule has 3 aromatic rings. The molecule has 10 heteroatoms. The number of amides is 1. The van der Waals surface area contributed by atoms with Crippen molar-refractivity contribution in [3.8, 4) is 5.75 Å². The van der Waals surface area contributed by atoms with Gasteiger partial charge in [-0.3, -0.25) is 9.69 Å². The van der Waals surface area contributed by atoms with Gasteiger partial charge in [0.15, 0.2) is 17.0 Å². The highest BCUT2D eigenvalue weighted by molar-refractivity contribution is 5.85. The van der Waals surface area contributed by atoms with Crippen LogP contribution >= 0.6 is 0 Å². The Morgan fingerprint density at radius 1 is 0.974 bits per heavy atom. The molecule has 0 spiro atoms. The van der Waals surface area contributed by atoms with E-state index in [1.165, 1.54) is 24.9 Å². The number of imidazole rings is 1. The fraction of sp³-hybridized carbons (Fsp3) is 0.586. The smallest absolute Gasteiger partial charge is 0.224 e. The van der Waals surface area contributed by atoms with Crippen molar-refractivity contribution in [1.29, 1.82) is 0 Å².